The molecule has 1 unspecified atom stereocenters. The smallest absolute Gasteiger partial charge is 0.228 e. The van der Waals surface area contributed by atoms with Crippen molar-refractivity contribution < 1.29 is 4.79 Å². The maximum Gasteiger partial charge on any atom is 0.228 e. The fourth-order valence-corrected chi connectivity index (χ4v) is 3.74. The number of nitrogens with one attached hydrogen (secondary N) is 1. The van der Waals surface area contributed by atoms with Gasteiger partial charge in [-0.1, -0.05) is 40.9 Å². The van der Waals surface area contributed by atoms with Crippen molar-refractivity contribution in [3.63, 3.8) is 0 Å². The second-order valence-electron chi connectivity index (χ2n) is 6.27. The molecule has 0 spiro atoms. The predicted molar refractivity (Wildman–Crippen MR) is 105 cm³/mol. The van der Waals surface area contributed by atoms with Crippen molar-refractivity contribution in [2.75, 3.05) is 18.4 Å². The SMILES string of the molecule is O=C(Nc1ccc(Cl)cc1)C1CCCN(Cc2c(Cl)cccc2Cl)C1. The molecule has 1 atom stereocenters. The molecular weight excluding hydrogens is 379 g/mol. The van der Waals surface area contributed by atoms with Crippen molar-refractivity contribution in [3.05, 3.63) is 63.1 Å². The van der Waals surface area contributed by atoms with E-state index in [1.54, 1.807) is 12.1 Å². The number of carbonyl (C=O) groups is 1. The van der Waals surface area contributed by atoms with Gasteiger partial charge in [-0.15, -0.1) is 0 Å². The average Bonchev–Trinajstić information content (AvgIpc) is 2.60. The van der Waals surface area contributed by atoms with Crippen LogP contribution in [0.5, 0.6) is 0 Å². The standard InChI is InChI=1S/C19H19Cl3N2O/c20-14-6-8-15(9-7-14)23-19(25)13-3-2-10-24(11-13)12-16-17(21)4-1-5-18(16)22/h1,4-9,13H,2-3,10-12H2,(H,23,25). The lowest BCUT2D eigenvalue weighted by Gasteiger charge is -2.32. The van der Waals surface area contributed by atoms with Gasteiger partial charge in [-0.2, -0.15) is 0 Å². The first-order valence-corrected chi connectivity index (χ1v) is 9.38. The van der Waals surface area contributed by atoms with Gasteiger partial charge in [0.2, 0.25) is 5.91 Å². The lowest BCUT2D eigenvalue weighted by Crippen LogP contribution is -2.40. The van der Waals surface area contributed by atoms with Crippen LogP contribution in [0, 0.1) is 5.92 Å². The zero-order valence-electron chi connectivity index (χ0n) is 13.6. The molecule has 3 rings (SSSR count). The molecule has 0 aromatic heterocycles. The lowest BCUT2D eigenvalue weighted by molar-refractivity contribution is -0.121. The summed E-state index contributed by atoms with van der Waals surface area (Å²) in [5, 5.41) is 4.95. The van der Waals surface area contributed by atoms with Crippen LogP contribution in [0.15, 0.2) is 42.5 Å². The highest BCUT2D eigenvalue weighted by Crippen LogP contribution is 2.28. The molecular formula is C19H19Cl3N2O. The maximum absolute atomic E-state index is 12.6. The quantitative estimate of drug-likeness (QED) is 0.739. The number of benzene rings is 2. The molecule has 0 radical (unpaired) electrons. The summed E-state index contributed by atoms with van der Waals surface area (Å²) in [4.78, 5) is 14.8. The minimum absolute atomic E-state index is 0.0391. The fraction of sp³-hybridized carbons (Fsp3) is 0.316. The zero-order valence-corrected chi connectivity index (χ0v) is 15.9. The summed E-state index contributed by atoms with van der Waals surface area (Å²) < 4.78 is 0. The van der Waals surface area contributed by atoms with Crippen molar-refractivity contribution >= 4 is 46.4 Å². The van der Waals surface area contributed by atoms with E-state index in [2.05, 4.69) is 10.2 Å². The van der Waals surface area contributed by atoms with Gasteiger partial charge < -0.3 is 5.32 Å². The molecule has 1 N–H and O–H groups in total. The van der Waals surface area contributed by atoms with Crippen molar-refractivity contribution in [2.24, 2.45) is 5.92 Å². The Kier molecular flexibility index (Phi) is 6.24. The third-order valence-corrected chi connectivity index (χ3v) is 5.39. The van der Waals surface area contributed by atoms with Gasteiger partial charge in [0.05, 0.1) is 5.92 Å². The van der Waals surface area contributed by atoms with Crippen molar-refractivity contribution in [1.29, 1.82) is 0 Å². The third kappa shape index (κ3) is 4.89. The molecule has 0 saturated carbocycles. The van der Waals surface area contributed by atoms with Gasteiger partial charge >= 0.3 is 0 Å². The van der Waals surface area contributed by atoms with Gasteiger partial charge in [-0.05, 0) is 55.8 Å². The molecule has 2 aromatic rings. The molecule has 132 valence electrons. The molecule has 1 aliphatic rings. The first-order chi connectivity index (χ1) is 12.0. The lowest BCUT2D eigenvalue weighted by atomic mass is 9.96. The molecule has 1 heterocycles. The summed E-state index contributed by atoms with van der Waals surface area (Å²) in [6, 6.07) is 12.7. The number of nitrogens with zero attached hydrogens (tertiary/aromatic N) is 1. The summed E-state index contributed by atoms with van der Waals surface area (Å²) in [5.74, 6) is -0.0111. The van der Waals surface area contributed by atoms with Gasteiger partial charge in [-0.25, -0.2) is 0 Å². The van der Waals surface area contributed by atoms with Crippen LogP contribution in [0.2, 0.25) is 15.1 Å². The van der Waals surface area contributed by atoms with Crippen LogP contribution in [0.1, 0.15) is 18.4 Å². The van der Waals surface area contributed by atoms with Gasteiger partial charge in [-0.3, -0.25) is 9.69 Å². The van der Waals surface area contributed by atoms with Crippen LogP contribution >= 0.6 is 34.8 Å². The minimum Gasteiger partial charge on any atom is -0.326 e. The minimum atomic E-state index is -0.0503. The highest BCUT2D eigenvalue weighted by Gasteiger charge is 2.26. The Labute approximate surface area is 162 Å². The number of anilines is 1. The zero-order chi connectivity index (χ0) is 17.8. The summed E-state index contributed by atoms with van der Waals surface area (Å²) in [5.41, 5.74) is 1.69. The van der Waals surface area contributed by atoms with Crippen LogP contribution in [0.25, 0.3) is 0 Å². The fourth-order valence-electron chi connectivity index (χ4n) is 3.10. The summed E-state index contributed by atoms with van der Waals surface area (Å²) in [6.07, 6.45) is 1.85. The number of hydrogen-bond acceptors (Lipinski definition) is 2. The van der Waals surface area contributed by atoms with Crippen molar-refractivity contribution in [2.45, 2.75) is 19.4 Å². The first-order valence-electron chi connectivity index (χ1n) is 8.24. The number of carbonyl (C=O) groups excluding carboxylic acids is 1. The van der Waals surface area contributed by atoms with E-state index in [9.17, 15) is 4.79 Å². The van der Waals surface area contributed by atoms with Gasteiger partial charge in [0.1, 0.15) is 0 Å². The monoisotopic (exact) mass is 396 g/mol. The summed E-state index contributed by atoms with van der Waals surface area (Å²) in [7, 11) is 0. The van der Waals surface area contributed by atoms with E-state index in [0.29, 0.717) is 28.2 Å². The highest BCUT2D eigenvalue weighted by atomic mass is 35.5. The molecule has 0 aliphatic carbocycles. The van der Waals surface area contributed by atoms with E-state index in [4.69, 9.17) is 34.8 Å². The van der Waals surface area contributed by atoms with Crippen molar-refractivity contribution in [3.8, 4) is 0 Å². The Morgan fingerprint density at radius 2 is 1.76 bits per heavy atom. The molecule has 6 heteroatoms. The molecule has 2 aromatic carbocycles. The summed E-state index contributed by atoms with van der Waals surface area (Å²) >= 11 is 18.4. The Hall–Kier alpha value is -1.26. The maximum atomic E-state index is 12.6. The van der Waals surface area contributed by atoms with Crippen LogP contribution in [0.4, 0.5) is 5.69 Å². The number of amides is 1. The second-order valence-corrected chi connectivity index (χ2v) is 7.52. The summed E-state index contributed by atoms with van der Waals surface area (Å²) in [6.45, 7) is 2.29. The number of hydrogen-bond donors (Lipinski definition) is 1. The van der Waals surface area contributed by atoms with E-state index in [1.807, 2.05) is 30.3 Å². The first kappa shape index (κ1) is 18.5. The molecule has 3 nitrogen and oxygen atoms in total. The predicted octanol–water partition coefficient (Wildman–Crippen LogP) is 5.50. The Morgan fingerprint density at radius 1 is 1.08 bits per heavy atom. The Bertz CT molecular complexity index is 729. The molecule has 1 aliphatic heterocycles. The van der Waals surface area contributed by atoms with E-state index in [1.165, 1.54) is 0 Å². The van der Waals surface area contributed by atoms with Gasteiger partial charge in [0.25, 0.3) is 0 Å². The molecule has 25 heavy (non-hydrogen) atoms. The largest absolute Gasteiger partial charge is 0.326 e. The second kappa shape index (κ2) is 8.41. The number of piperidine rings is 1. The van der Waals surface area contributed by atoms with Gasteiger partial charge in [0.15, 0.2) is 0 Å². The third-order valence-electron chi connectivity index (χ3n) is 4.43. The van der Waals surface area contributed by atoms with Crippen LogP contribution in [-0.4, -0.2) is 23.9 Å². The van der Waals surface area contributed by atoms with Crippen LogP contribution in [-0.2, 0) is 11.3 Å². The number of likely N-dealkylation sites (tertiary alicyclic amines) is 1. The molecule has 1 fully saturated rings. The average molecular weight is 398 g/mol. The van der Waals surface area contributed by atoms with E-state index in [0.717, 1.165) is 30.6 Å². The highest BCUT2D eigenvalue weighted by molar-refractivity contribution is 6.36. The van der Waals surface area contributed by atoms with Gasteiger partial charge in [0, 0.05) is 39.4 Å². The van der Waals surface area contributed by atoms with Crippen molar-refractivity contribution in [1.82, 2.24) is 4.90 Å². The number of halogens is 3. The molecule has 1 amide bonds. The van der Waals surface area contributed by atoms with Crippen LogP contribution < -0.4 is 5.32 Å². The normalized spacial score (nSPS) is 18.1. The molecule has 0 bridgehead atoms. The Balaban J connectivity index is 1.62. The number of rotatable bonds is 4. The van der Waals surface area contributed by atoms with Crippen LogP contribution in [0.3, 0.4) is 0 Å². The topological polar surface area (TPSA) is 32.3 Å². The van der Waals surface area contributed by atoms with E-state index < -0.39 is 0 Å². The Morgan fingerprint density at radius 3 is 2.44 bits per heavy atom. The van der Waals surface area contributed by atoms with E-state index >= 15 is 0 Å². The van der Waals surface area contributed by atoms with E-state index in [-0.39, 0.29) is 11.8 Å². The molecule has 1 saturated heterocycles.